The summed E-state index contributed by atoms with van der Waals surface area (Å²) in [6, 6.07) is 3.30. The van der Waals surface area contributed by atoms with Crippen molar-refractivity contribution in [3.8, 4) is 0 Å². The Morgan fingerprint density at radius 1 is 1.12 bits per heavy atom. The Hall–Kier alpha value is -1.66. The molecular weight excluding hydrogens is 408 g/mol. The monoisotopic (exact) mass is 442 g/mol. The second kappa shape index (κ2) is 6.69. The van der Waals surface area contributed by atoms with Crippen LogP contribution >= 0.6 is 0 Å². The largest absolute Gasteiger partial charge is 0.459 e. The molecule has 0 radical (unpaired) electrons. The van der Waals surface area contributed by atoms with E-state index in [9.17, 15) is 14.7 Å². The summed E-state index contributed by atoms with van der Waals surface area (Å²) in [5.74, 6) is 1.24. The lowest BCUT2D eigenvalue weighted by Gasteiger charge is -2.61. The van der Waals surface area contributed by atoms with E-state index in [1.54, 1.807) is 6.26 Å². The first-order valence-corrected chi connectivity index (χ1v) is 12.3. The Kier molecular flexibility index (Phi) is 4.37. The molecule has 6 heteroatoms. The molecule has 1 N–H and O–H groups in total. The van der Waals surface area contributed by atoms with Gasteiger partial charge in [0, 0.05) is 24.3 Å². The van der Waals surface area contributed by atoms with Gasteiger partial charge in [0.15, 0.2) is 0 Å². The minimum absolute atomic E-state index is 0.0471. The number of epoxide rings is 1. The van der Waals surface area contributed by atoms with Gasteiger partial charge in [-0.3, -0.25) is 4.79 Å². The highest BCUT2D eigenvalue weighted by Crippen LogP contribution is 2.78. The Labute approximate surface area is 188 Å². The molecule has 6 rings (SSSR count). The van der Waals surface area contributed by atoms with E-state index in [2.05, 4.69) is 13.8 Å². The molecule has 32 heavy (non-hydrogen) atoms. The zero-order valence-electron chi connectivity index (χ0n) is 19.2. The Bertz CT molecular complexity index is 982. The lowest BCUT2D eigenvalue weighted by Crippen LogP contribution is -2.58. The summed E-state index contributed by atoms with van der Waals surface area (Å²) in [6.07, 6.45) is 8.20. The molecule has 1 aromatic heterocycles. The number of hydrogen-bond donors (Lipinski definition) is 1. The van der Waals surface area contributed by atoms with E-state index < -0.39 is 0 Å². The lowest BCUT2D eigenvalue weighted by molar-refractivity contribution is -0.158. The van der Waals surface area contributed by atoms with Crippen LogP contribution in [-0.4, -0.2) is 35.0 Å². The summed E-state index contributed by atoms with van der Waals surface area (Å²) in [5.41, 5.74) is 0.319. The van der Waals surface area contributed by atoms with Crippen LogP contribution in [0.5, 0.6) is 0 Å². The normalized spacial score (nSPS) is 51.1. The molecule has 1 aliphatic heterocycles. The van der Waals surface area contributed by atoms with Gasteiger partial charge in [0.05, 0.1) is 12.4 Å². The first-order valence-electron chi connectivity index (χ1n) is 12.3. The average molecular weight is 443 g/mol. The highest BCUT2D eigenvalue weighted by atomic mass is 16.7. The van der Waals surface area contributed by atoms with Gasteiger partial charge in [0.25, 0.3) is 0 Å². The highest BCUT2D eigenvalue weighted by molar-refractivity contribution is 5.66. The lowest BCUT2D eigenvalue weighted by atomic mass is 9.44. The highest BCUT2D eigenvalue weighted by Gasteiger charge is 2.84. The minimum atomic E-state index is -0.369. The van der Waals surface area contributed by atoms with Crippen molar-refractivity contribution in [3.63, 3.8) is 0 Å². The summed E-state index contributed by atoms with van der Waals surface area (Å²) < 4.78 is 17.8. The van der Waals surface area contributed by atoms with Crippen molar-refractivity contribution in [2.24, 2.45) is 28.6 Å². The van der Waals surface area contributed by atoms with Crippen LogP contribution in [-0.2, 0) is 14.3 Å². The average Bonchev–Trinajstić information content (AvgIpc) is 3.44. The van der Waals surface area contributed by atoms with Gasteiger partial charge in [-0.15, -0.1) is 0 Å². The predicted molar refractivity (Wildman–Crippen MR) is 116 cm³/mol. The Balaban J connectivity index is 1.41. The SMILES string of the molecule is CC(=O)O[C@H]1[C@H]2O[C@]23[C@@H]2CC[C@@H]4C[C@@H](O)CC[C@]4(C)[C@@H]2CC[C@]3(C)[C@H]1c1ccc(=O)oc1. The summed E-state index contributed by atoms with van der Waals surface area (Å²) in [7, 11) is 0. The first kappa shape index (κ1) is 20.9. The van der Waals surface area contributed by atoms with Crippen LogP contribution < -0.4 is 5.63 Å². The topological polar surface area (TPSA) is 89.3 Å². The number of carbonyl (C=O) groups excluding carboxylic acids is 1. The molecule has 0 amide bonds. The van der Waals surface area contributed by atoms with Gasteiger partial charge in [-0.2, -0.15) is 0 Å². The van der Waals surface area contributed by atoms with E-state index in [-0.39, 0.29) is 52.3 Å². The van der Waals surface area contributed by atoms with E-state index in [0.717, 1.165) is 50.5 Å². The molecule has 2 heterocycles. The van der Waals surface area contributed by atoms with Gasteiger partial charge >= 0.3 is 11.6 Å². The summed E-state index contributed by atoms with van der Waals surface area (Å²) in [4.78, 5) is 23.7. The number of carbonyl (C=O) groups is 1. The molecule has 1 saturated heterocycles. The number of esters is 1. The van der Waals surface area contributed by atoms with E-state index in [1.165, 1.54) is 13.0 Å². The van der Waals surface area contributed by atoms with Crippen LogP contribution in [0.25, 0.3) is 0 Å². The van der Waals surface area contributed by atoms with Crippen molar-refractivity contribution in [1.82, 2.24) is 0 Å². The van der Waals surface area contributed by atoms with E-state index in [1.807, 2.05) is 6.07 Å². The minimum Gasteiger partial charge on any atom is -0.459 e. The number of fused-ring (bicyclic) bond motifs is 3. The number of aliphatic hydroxyl groups is 1. The van der Waals surface area contributed by atoms with Crippen LogP contribution in [0.3, 0.4) is 0 Å². The van der Waals surface area contributed by atoms with Crippen molar-refractivity contribution in [3.05, 3.63) is 34.4 Å². The fourth-order valence-electron chi connectivity index (χ4n) is 9.10. The maximum absolute atomic E-state index is 12.1. The third kappa shape index (κ3) is 2.54. The van der Waals surface area contributed by atoms with Crippen molar-refractivity contribution in [1.29, 1.82) is 0 Å². The molecule has 1 spiro atoms. The van der Waals surface area contributed by atoms with Crippen LogP contribution in [0.15, 0.2) is 27.6 Å². The number of rotatable bonds is 2. The fourth-order valence-corrected chi connectivity index (χ4v) is 9.10. The van der Waals surface area contributed by atoms with Crippen molar-refractivity contribution in [2.45, 2.75) is 95.5 Å². The molecule has 6 nitrogen and oxygen atoms in total. The van der Waals surface area contributed by atoms with Gasteiger partial charge in [-0.25, -0.2) is 4.79 Å². The molecule has 4 aliphatic carbocycles. The zero-order chi connectivity index (χ0) is 22.5. The van der Waals surface area contributed by atoms with E-state index in [0.29, 0.717) is 17.8 Å². The standard InChI is InChI=1S/C26H34O6/c1-14(27)31-22-21(15-4-7-20(29)30-13-15)25(3)11-9-18-19(26(25)23(22)32-26)6-5-16-12-17(28)8-10-24(16,18)2/h4,7,13,16-19,21-23,28H,5-6,8-12H2,1-3H3/t16-,17+,18-,19-,21+,22-,23-,24+,25-,26-/m1/s1. The molecule has 0 bridgehead atoms. The van der Waals surface area contributed by atoms with Gasteiger partial charge in [0.2, 0.25) is 0 Å². The number of aliphatic hydroxyl groups excluding tert-OH is 1. The first-order chi connectivity index (χ1) is 15.2. The van der Waals surface area contributed by atoms with Crippen LogP contribution in [0.1, 0.15) is 77.2 Å². The van der Waals surface area contributed by atoms with Crippen molar-refractivity contribution in [2.75, 3.05) is 0 Å². The molecule has 174 valence electrons. The van der Waals surface area contributed by atoms with Crippen LogP contribution in [0, 0.1) is 28.6 Å². The predicted octanol–water partition coefficient (Wildman–Crippen LogP) is 3.80. The zero-order valence-corrected chi connectivity index (χ0v) is 19.2. The second-order valence-corrected chi connectivity index (χ2v) is 11.6. The molecule has 0 unspecified atom stereocenters. The summed E-state index contributed by atoms with van der Waals surface area (Å²) in [6.45, 7) is 6.23. The fraction of sp³-hybridized carbons (Fsp3) is 0.769. The van der Waals surface area contributed by atoms with E-state index >= 15 is 0 Å². The van der Waals surface area contributed by atoms with Crippen LogP contribution in [0.4, 0.5) is 0 Å². The van der Waals surface area contributed by atoms with Crippen molar-refractivity contribution < 1.29 is 23.8 Å². The Morgan fingerprint density at radius 2 is 1.94 bits per heavy atom. The van der Waals surface area contributed by atoms with E-state index in [4.69, 9.17) is 13.9 Å². The third-order valence-corrected chi connectivity index (χ3v) is 10.5. The van der Waals surface area contributed by atoms with Crippen molar-refractivity contribution >= 4 is 5.97 Å². The van der Waals surface area contributed by atoms with Gasteiger partial charge in [-0.05, 0) is 79.7 Å². The molecule has 5 aliphatic rings. The summed E-state index contributed by atoms with van der Waals surface area (Å²) >= 11 is 0. The number of ether oxygens (including phenoxy) is 2. The molecule has 10 atom stereocenters. The van der Waals surface area contributed by atoms with Gasteiger partial charge < -0.3 is 19.0 Å². The molecule has 4 saturated carbocycles. The molecule has 0 aromatic carbocycles. The molecule has 5 fully saturated rings. The quantitative estimate of drug-likeness (QED) is 0.554. The molecule has 1 aromatic rings. The summed E-state index contributed by atoms with van der Waals surface area (Å²) in [5, 5.41) is 10.3. The second-order valence-electron chi connectivity index (χ2n) is 11.6. The molecular formula is C26H34O6. The Morgan fingerprint density at radius 3 is 2.66 bits per heavy atom. The maximum Gasteiger partial charge on any atom is 0.335 e. The smallest absolute Gasteiger partial charge is 0.335 e. The number of hydrogen-bond acceptors (Lipinski definition) is 6. The van der Waals surface area contributed by atoms with Gasteiger partial charge in [-0.1, -0.05) is 13.8 Å². The third-order valence-electron chi connectivity index (χ3n) is 10.5. The van der Waals surface area contributed by atoms with Crippen LogP contribution in [0.2, 0.25) is 0 Å². The van der Waals surface area contributed by atoms with Gasteiger partial charge in [0.1, 0.15) is 17.8 Å². The maximum atomic E-state index is 12.1.